The Bertz CT molecular complexity index is 329. The van der Waals surface area contributed by atoms with Crippen molar-refractivity contribution in [2.45, 2.75) is 44.9 Å². The molecule has 4 aliphatic carbocycles. The summed E-state index contributed by atoms with van der Waals surface area (Å²) in [7, 11) is 0. The molecular weight excluding hydrogens is 208 g/mol. The van der Waals surface area contributed by atoms with E-state index in [0.29, 0.717) is 24.7 Å². The molecule has 0 atom stereocenters. The van der Waals surface area contributed by atoms with Crippen LogP contribution in [0.3, 0.4) is 0 Å². The molecule has 2 nitrogen and oxygen atoms in total. The lowest BCUT2D eigenvalue weighted by Gasteiger charge is -2.56. The summed E-state index contributed by atoms with van der Waals surface area (Å²) >= 11 is 0. The quantitative estimate of drug-likeness (QED) is 0.742. The van der Waals surface area contributed by atoms with Gasteiger partial charge in [0, 0.05) is 12.8 Å². The van der Waals surface area contributed by atoms with Crippen LogP contribution in [0.1, 0.15) is 44.9 Å². The van der Waals surface area contributed by atoms with Crippen molar-refractivity contribution in [2.24, 2.45) is 35.5 Å². The summed E-state index contributed by atoms with van der Waals surface area (Å²) < 4.78 is 0. The first-order valence-electron chi connectivity index (χ1n) is 7.05. The number of rotatable bonds is 3. The van der Waals surface area contributed by atoms with E-state index in [2.05, 4.69) is 12.1 Å². The Balaban J connectivity index is 1.78. The maximum absolute atomic E-state index is 8.96. The maximum Gasteiger partial charge on any atom is 0.0625 e. The number of nitriles is 2. The number of hydrogen-bond donors (Lipinski definition) is 0. The molecule has 0 radical (unpaired) electrons. The van der Waals surface area contributed by atoms with Gasteiger partial charge in [0.1, 0.15) is 0 Å². The molecule has 0 spiro atoms. The Morgan fingerprint density at radius 1 is 0.824 bits per heavy atom. The van der Waals surface area contributed by atoms with E-state index < -0.39 is 0 Å². The first-order chi connectivity index (χ1) is 8.31. The van der Waals surface area contributed by atoms with Gasteiger partial charge in [0.25, 0.3) is 0 Å². The van der Waals surface area contributed by atoms with E-state index in [-0.39, 0.29) is 0 Å². The van der Waals surface area contributed by atoms with Gasteiger partial charge in [-0.15, -0.1) is 0 Å². The van der Waals surface area contributed by atoms with E-state index in [9.17, 15) is 0 Å². The lowest BCUT2D eigenvalue weighted by atomic mass is 9.49. The molecule has 2 heteroatoms. The third-order valence-electron chi connectivity index (χ3n) is 5.55. The Labute approximate surface area is 104 Å². The predicted octanol–water partition coefficient (Wildman–Crippen LogP) is 3.50. The second-order valence-corrected chi connectivity index (χ2v) is 6.49. The maximum atomic E-state index is 8.96. The van der Waals surface area contributed by atoms with E-state index in [0.717, 1.165) is 23.7 Å². The van der Waals surface area contributed by atoms with Gasteiger partial charge in [0.2, 0.25) is 0 Å². The standard InChI is InChI=1S/C15H20N2/c16-3-1-12(2-4-17)15-13-6-10-5-11(8-13)9-14(15)7-10/h10-15H,1-2,5-9H2. The minimum absolute atomic E-state index is 0.361. The zero-order valence-corrected chi connectivity index (χ0v) is 10.3. The van der Waals surface area contributed by atoms with Crippen molar-refractivity contribution in [1.29, 1.82) is 10.5 Å². The molecule has 0 N–H and O–H groups in total. The van der Waals surface area contributed by atoms with Gasteiger partial charge in [-0.25, -0.2) is 0 Å². The summed E-state index contributed by atoms with van der Waals surface area (Å²) in [4.78, 5) is 0. The van der Waals surface area contributed by atoms with Gasteiger partial charge in [0.15, 0.2) is 0 Å². The number of hydrogen-bond acceptors (Lipinski definition) is 2. The van der Waals surface area contributed by atoms with E-state index in [1.807, 2.05) is 0 Å². The van der Waals surface area contributed by atoms with Crippen LogP contribution in [0.4, 0.5) is 0 Å². The zero-order valence-electron chi connectivity index (χ0n) is 10.3. The Morgan fingerprint density at radius 2 is 1.29 bits per heavy atom. The summed E-state index contributed by atoms with van der Waals surface area (Å²) in [6, 6.07) is 4.62. The molecule has 0 saturated heterocycles. The lowest BCUT2D eigenvalue weighted by Crippen LogP contribution is -2.47. The van der Waals surface area contributed by atoms with Gasteiger partial charge in [0.05, 0.1) is 12.1 Å². The molecule has 0 aromatic carbocycles. The molecule has 4 fully saturated rings. The van der Waals surface area contributed by atoms with Crippen LogP contribution in [0.2, 0.25) is 0 Å². The third-order valence-corrected chi connectivity index (χ3v) is 5.55. The van der Waals surface area contributed by atoms with Crippen LogP contribution in [0.15, 0.2) is 0 Å². The highest BCUT2D eigenvalue weighted by Gasteiger charge is 2.50. The monoisotopic (exact) mass is 228 g/mol. The normalized spacial score (nSPS) is 42.4. The van der Waals surface area contributed by atoms with E-state index in [1.165, 1.54) is 32.1 Å². The van der Waals surface area contributed by atoms with Gasteiger partial charge in [-0.1, -0.05) is 0 Å². The fourth-order valence-corrected chi connectivity index (χ4v) is 5.32. The molecular formula is C15H20N2. The topological polar surface area (TPSA) is 47.6 Å². The summed E-state index contributed by atoms with van der Waals surface area (Å²) in [6.07, 6.45) is 8.24. The van der Waals surface area contributed by atoms with Crippen LogP contribution in [0.5, 0.6) is 0 Å². The molecule has 4 saturated carbocycles. The summed E-state index contributed by atoms with van der Waals surface area (Å²) in [5.41, 5.74) is 0. The molecule has 4 bridgehead atoms. The fraction of sp³-hybridized carbons (Fsp3) is 0.867. The van der Waals surface area contributed by atoms with Crippen molar-refractivity contribution in [3.05, 3.63) is 0 Å². The van der Waals surface area contributed by atoms with Crippen molar-refractivity contribution in [3.8, 4) is 12.1 Å². The molecule has 0 unspecified atom stereocenters. The first kappa shape index (κ1) is 11.1. The van der Waals surface area contributed by atoms with Crippen LogP contribution >= 0.6 is 0 Å². The Morgan fingerprint density at radius 3 is 1.71 bits per heavy atom. The molecule has 0 aromatic rings. The summed E-state index contributed by atoms with van der Waals surface area (Å²) in [5.74, 6) is 4.72. The smallest absolute Gasteiger partial charge is 0.0625 e. The SMILES string of the molecule is N#CCC(CC#N)C1C2CC3CC(C2)CC1C3. The van der Waals surface area contributed by atoms with E-state index in [1.54, 1.807) is 0 Å². The second kappa shape index (κ2) is 4.34. The fourth-order valence-electron chi connectivity index (χ4n) is 5.32. The third kappa shape index (κ3) is 1.85. The summed E-state index contributed by atoms with van der Waals surface area (Å²) in [5, 5.41) is 17.9. The van der Waals surface area contributed by atoms with Crippen LogP contribution in [0, 0.1) is 58.2 Å². The molecule has 0 heterocycles. The lowest BCUT2D eigenvalue weighted by molar-refractivity contribution is -0.0600. The van der Waals surface area contributed by atoms with Gasteiger partial charge in [-0.05, 0) is 67.6 Å². The van der Waals surface area contributed by atoms with Gasteiger partial charge < -0.3 is 0 Å². The molecule has 0 aliphatic heterocycles. The van der Waals surface area contributed by atoms with Crippen molar-refractivity contribution >= 4 is 0 Å². The van der Waals surface area contributed by atoms with Gasteiger partial charge >= 0.3 is 0 Å². The minimum Gasteiger partial charge on any atom is -0.198 e. The molecule has 0 amide bonds. The highest BCUT2D eigenvalue weighted by Crippen LogP contribution is 2.59. The number of nitrogens with zero attached hydrogens (tertiary/aromatic N) is 2. The highest BCUT2D eigenvalue weighted by molar-refractivity contribution is 5.02. The zero-order chi connectivity index (χ0) is 11.8. The summed E-state index contributed by atoms with van der Waals surface area (Å²) in [6.45, 7) is 0. The van der Waals surface area contributed by atoms with Crippen LogP contribution in [0.25, 0.3) is 0 Å². The van der Waals surface area contributed by atoms with Crippen LogP contribution < -0.4 is 0 Å². The molecule has 4 rings (SSSR count). The first-order valence-corrected chi connectivity index (χ1v) is 7.05. The Hall–Kier alpha value is -1.02. The van der Waals surface area contributed by atoms with Crippen molar-refractivity contribution in [3.63, 3.8) is 0 Å². The molecule has 4 aliphatic rings. The van der Waals surface area contributed by atoms with Crippen molar-refractivity contribution in [1.82, 2.24) is 0 Å². The van der Waals surface area contributed by atoms with Gasteiger partial charge in [-0.3, -0.25) is 0 Å². The van der Waals surface area contributed by atoms with E-state index in [4.69, 9.17) is 10.5 Å². The average molecular weight is 228 g/mol. The Kier molecular flexibility index (Phi) is 2.83. The van der Waals surface area contributed by atoms with Crippen LogP contribution in [-0.2, 0) is 0 Å². The van der Waals surface area contributed by atoms with Gasteiger partial charge in [-0.2, -0.15) is 10.5 Å². The van der Waals surface area contributed by atoms with Crippen LogP contribution in [-0.4, -0.2) is 0 Å². The molecule has 17 heavy (non-hydrogen) atoms. The average Bonchev–Trinajstić information content (AvgIpc) is 2.28. The highest BCUT2D eigenvalue weighted by atomic mass is 14.5. The van der Waals surface area contributed by atoms with Crippen molar-refractivity contribution in [2.75, 3.05) is 0 Å². The van der Waals surface area contributed by atoms with Crippen molar-refractivity contribution < 1.29 is 0 Å². The second-order valence-electron chi connectivity index (χ2n) is 6.49. The largest absolute Gasteiger partial charge is 0.198 e. The molecule has 90 valence electrons. The van der Waals surface area contributed by atoms with E-state index >= 15 is 0 Å². The predicted molar refractivity (Wildman–Crippen MR) is 64.5 cm³/mol. The minimum atomic E-state index is 0.361. The molecule has 0 aromatic heterocycles.